The first kappa shape index (κ1) is 19.3. The molecule has 26 heavy (non-hydrogen) atoms. The molecule has 0 atom stereocenters. The van der Waals surface area contributed by atoms with Gasteiger partial charge >= 0.3 is 0 Å². The lowest BCUT2D eigenvalue weighted by Crippen LogP contribution is -2.16. The summed E-state index contributed by atoms with van der Waals surface area (Å²) >= 11 is 3.27. The molecule has 3 rings (SSSR count). The molecule has 0 bridgehead atoms. The summed E-state index contributed by atoms with van der Waals surface area (Å²) in [6.07, 6.45) is 8.78. The van der Waals surface area contributed by atoms with Crippen molar-refractivity contribution in [3.63, 3.8) is 0 Å². The molecule has 1 aliphatic rings. The van der Waals surface area contributed by atoms with Crippen molar-refractivity contribution in [1.29, 1.82) is 0 Å². The van der Waals surface area contributed by atoms with Crippen LogP contribution in [-0.2, 0) is 4.79 Å². The topological polar surface area (TPSA) is 59.8 Å². The molecule has 1 aromatic heterocycles. The number of nitrogens with one attached hydrogen (secondary N) is 1. The number of aromatic nitrogens is 3. The number of para-hydroxylation sites is 1. The summed E-state index contributed by atoms with van der Waals surface area (Å²) < 4.78 is 2.28. The van der Waals surface area contributed by atoms with Crippen LogP contribution in [0.25, 0.3) is 0 Å². The molecule has 2 aromatic rings. The first-order chi connectivity index (χ1) is 12.7. The summed E-state index contributed by atoms with van der Waals surface area (Å²) in [4.78, 5) is 13.4. The molecule has 1 amide bonds. The molecular weight excluding hydrogens is 364 g/mol. The number of carbonyl (C=O) groups excluding carboxylic acids is 1. The zero-order valence-electron chi connectivity index (χ0n) is 15.4. The van der Waals surface area contributed by atoms with E-state index in [1.54, 1.807) is 23.5 Å². The molecule has 1 saturated carbocycles. The van der Waals surface area contributed by atoms with E-state index >= 15 is 0 Å². The summed E-state index contributed by atoms with van der Waals surface area (Å²) in [6.45, 7) is 2.03. The summed E-state index contributed by atoms with van der Waals surface area (Å²) in [7, 11) is 0. The maximum Gasteiger partial charge on any atom is 0.225 e. The summed E-state index contributed by atoms with van der Waals surface area (Å²) in [5, 5.41) is 12.6. The van der Waals surface area contributed by atoms with E-state index in [-0.39, 0.29) is 5.91 Å². The van der Waals surface area contributed by atoms with Gasteiger partial charge in [-0.1, -0.05) is 43.2 Å². The summed E-state index contributed by atoms with van der Waals surface area (Å²) in [6, 6.07) is 8.41. The van der Waals surface area contributed by atoms with Crippen LogP contribution in [0.3, 0.4) is 0 Å². The van der Waals surface area contributed by atoms with Crippen molar-refractivity contribution < 1.29 is 4.79 Å². The lowest BCUT2D eigenvalue weighted by Gasteiger charge is -2.24. The van der Waals surface area contributed by atoms with E-state index in [9.17, 15) is 4.79 Å². The van der Waals surface area contributed by atoms with Gasteiger partial charge in [-0.05, 0) is 38.2 Å². The Labute approximate surface area is 163 Å². The average Bonchev–Trinajstić information content (AvgIpc) is 3.03. The van der Waals surface area contributed by atoms with E-state index in [4.69, 9.17) is 0 Å². The Morgan fingerprint density at radius 1 is 1.23 bits per heavy atom. The minimum Gasteiger partial charge on any atom is -0.325 e. The fraction of sp³-hybridized carbons (Fsp3) is 0.526. The van der Waals surface area contributed by atoms with Gasteiger partial charge in [0.05, 0.1) is 5.69 Å². The molecule has 0 saturated heterocycles. The van der Waals surface area contributed by atoms with Gasteiger partial charge in [0.1, 0.15) is 5.82 Å². The van der Waals surface area contributed by atoms with E-state index < -0.39 is 0 Å². The Morgan fingerprint density at radius 3 is 2.77 bits per heavy atom. The Kier molecular flexibility index (Phi) is 7.02. The number of anilines is 1. The van der Waals surface area contributed by atoms with Crippen molar-refractivity contribution in [2.45, 2.75) is 61.5 Å². The number of nitrogens with zero attached hydrogens (tertiary/aromatic N) is 3. The second-order valence-electron chi connectivity index (χ2n) is 6.54. The van der Waals surface area contributed by atoms with Gasteiger partial charge in [0.15, 0.2) is 5.16 Å². The largest absolute Gasteiger partial charge is 0.325 e. The second-order valence-corrected chi connectivity index (χ2v) is 8.45. The fourth-order valence-corrected chi connectivity index (χ4v) is 4.95. The van der Waals surface area contributed by atoms with E-state index in [1.807, 2.05) is 37.4 Å². The molecule has 1 heterocycles. The van der Waals surface area contributed by atoms with Crippen molar-refractivity contribution >= 4 is 35.1 Å². The highest BCUT2D eigenvalue weighted by molar-refractivity contribution is 7.99. The van der Waals surface area contributed by atoms with Crippen molar-refractivity contribution in [1.82, 2.24) is 14.8 Å². The third kappa shape index (κ3) is 4.82. The quantitative estimate of drug-likeness (QED) is 0.679. The molecule has 1 N–H and O–H groups in total. The SMILES string of the molecule is CSc1ccccc1NC(=O)CCSc1nnc(C)n1C1CCCCC1. The predicted octanol–water partition coefficient (Wildman–Crippen LogP) is 4.93. The molecule has 0 unspecified atom stereocenters. The Balaban J connectivity index is 1.54. The van der Waals surface area contributed by atoms with Crippen molar-refractivity contribution in [2.75, 3.05) is 17.3 Å². The second kappa shape index (κ2) is 9.46. The molecular formula is C19H26N4OS2. The fourth-order valence-electron chi connectivity index (χ4n) is 3.40. The molecule has 140 valence electrons. The summed E-state index contributed by atoms with van der Waals surface area (Å²) in [5.41, 5.74) is 0.885. The van der Waals surface area contributed by atoms with Gasteiger partial charge in [0, 0.05) is 23.1 Å². The third-order valence-electron chi connectivity index (χ3n) is 4.72. The molecule has 1 aliphatic carbocycles. The van der Waals surface area contributed by atoms with Crippen LogP contribution in [0, 0.1) is 6.92 Å². The maximum atomic E-state index is 12.3. The number of rotatable bonds is 7. The van der Waals surface area contributed by atoms with Crippen molar-refractivity contribution in [3.8, 4) is 0 Å². The van der Waals surface area contributed by atoms with Crippen molar-refractivity contribution in [3.05, 3.63) is 30.1 Å². The molecule has 0 radical (unpaired) electrons. The van der Waals surface area contributed by atoms with Crippen LogP contribution in [-0.4, -0.2) is 32.7 Å². The highest BCUT2D eigenvalue weighted by Crippen LogP contribution is 2.32. The highest BCUT2D eigenvalue weighted by atomic mass is 32.2. The van der Waals surface area contributed by atoms with Gasteiger partial charge in [0.2, 0.25) is 5.91 Å². The van der Waals surface area contributed by atoms with E-state index in [1.165, 1.54) is 32.1 Å². The monoisotopic (exact) mass is 390 g/mol. The predicted molar refractivity (Wildman–Crippen MR) is 109 cm³/mol. The van der Waals surface area contributed by atoms with Gasteiger partial charge in [-0.3, -0.25) is 4.79 Å². The first-order valence-corrected chi connectivity index (χ1v) is 11.4. The zero-order chi connectivity index (χ0) is 18.4. The number of carbonyl (C=O) groups is 1. The number of amides is 1. The smallest absolute Gasteiger partial charge is 0.225 e. The molecule has 0 spiro atoms. The van der Waals surface area contributed by atoms with Crippen LogP contribution in [0.5, 0.6) is 0 Å². The van der Waals surface area contributed by atoms with E-state index in [2.05, 4.69) is 20.1 Å². The van der Waals surface area contributed by atoms with Crippen LogP contribution in [0.15, 0.2) is 34.3 Å². The molecule has 1 fully saturated rings. The maximum absolute atomic E-state index is 12.3. The van der Waals surface area contributed by atoms with Crippen LogP contribution >= 0.6 is 23.5 Å². The normalized spacial score (nSPS) is 15.2. The van der Waals surface area contributed by atoms with Crippen LogP contribution in [0.4, 0.5) is 5.69 Å². The number of aryl methyl sites for hydroxylation is 1. The molecule has 5 nitrogen and oxygen atoms in total. The first-order valence-electron chi connectivity index (χ1n) is 9.16. The average molecular weight is 391 g/mol. The zero-order valence-corrected chi connectivity index (χ0v) is 17.0. The third-order valence-corrected chi connectivity index (χ3v) is 6.46. The van der Waals surface area contributed by atoms with Gasteiger partial charge < -0.3 is 9.88 Å². The lowest BCUT2D eigenvalue weighted by molar-refractivity contribution is -0.115. The van der Waals surface area contributed by atoms with Crippen molar-refractivity contribution in [2.24, 2.45) is 0 Å². The van der Waals surface area contributed by atoms with Crippen LogP contribution in [0.1, 0.15) is 50.4 Å². The van der Waals surface area contributed by atoms with Crippen LogP contribution in [0.2, 0.25) is 0 Å². The Morgan fingerprint density at radius 2 is 2.00 bits per heavy atom. The molecule has 1 aromatic carbocycles. The Hall–Kier alpha value is -1.47. The summed E-state index contributed by atoms with van der Waals surface area (Å²) in [5.74, 6) is 1.73. The number of benzene rings is 1. The molecule has 0 aliphatic heterocycles. The van der Waals surface area contributed by atoms with Gasteiger partial charge in [-0.25, -0.2) is 0 Å². The number of hydrogen-bond donors (Lipinski definition) is 1. The number of thioether (sulfide) groups is 2. The van der Waals surface area contributed by atoms with Gasteiger partial charge in [0.25, 0.3) is 0 Å². The molecule has 7 heteroatoms. The van der Waals surface area contributed by atoms with E-state index in [0.29, 0.717) is 18.2 Å². The van der Waals surface area contributed by atoms with Crippen LogP contribution < -0.4 is 5.32 Å². The number of hydrogen-bond acceptors (Lipinski definition) is 5. The van der Waals surface area contributed by atoms with Gasteiger partial charge in [-0.15, -0.1) is 22.0 Å². The van der Waals surface area contributed by atoms with Gasteiger partial charge in [-0.2, -0.15) is 0 Å². The minimum atomic E-state index is 0.0412. The lowest BCUT2D eigenvalue weighted by atomic mass is 9.95. The standard InChI is InChI=1S/C19H26N4OS2/c1-14-21-22-19(23(14)15-8-4-3-5-9-15)26-13-12-18(24)20-16-10-6-7-11-17(16)25-2/h6-7,10-11,15H,3-5,8-9,12-13H2,1-2H3,(H,20,24). The van der Waals surface area contributed by atoms with E-state index in [0.717, 1.165) is 21.6 Å². The highest BCUT2D eigenvalue weighted by Gasteiger charge is 2.21. The Bertz CT molecular complexity index is 741. The minimum absolute atomic E-state index is 0.0412.